The summed E-state index contributed by atoms with van der Waals surface area (Å²) in [4.78, 5) is 19.0. The van der Waals surface area contributed by atoms with Crippen molar-refractivity contribution in [3.8, 4) is 11.3 Å². The summed E-state index contributed by atoms with van der Waals surface area (Å²) in [5, 5.41) is 8.63. The molecule has 0 aliphatic carbocycles. The molecule has 146 valence electrons. The van der Waals surface area contributed by atoms with E-state index in [4.69, 9.17) is 5.11 Å². The maximum absolute atomic E-state index is 15.1. The third kappa shape index (κ3) is 3.43. The largest absolute Gasteiger partial charge is 0.465 e. The second-order valence-corrected chi connectivity index (χ2v) is 7.53. The minimum atomic E-state index is -4.39. The Hall–Kier alpha value is -3.34. The van der Waals surface area contributed by atoms with Gasteiger partial charge in [0, 0.05) is 31.2 Å². The Labute approximate surface area is 158 Å². The van der Waals surface area contributed by atoms with Crippen LogP contribution in [0.3, 0.4) is 0 Å². The highest BCUT2D eigenvalue weighted by Crippen LogP contribution is 2.31. The molecule has 0 bridgehead atoms. The first-order valence-corrected chi connectivity index (χ1v) is 9.28. The Kier molecular flexibility index (Phi) is 5.10. The van der Waals surface area contributed by atoms with Crippen molar-refractivity contribution >= 4 is 16.1 Å². The average Bonchev–Trinajstić information content (AvgIpc) is 3.00. The van der Waals surface area contributed by atoms with Crippen LogP contribution in [0.15, 0.2) is 53.9 Å². The van der Waals surface area contributed by atoms with Crippen LogP contribution in [0, 0.1) is 11.8 Å². The molecule has 0 aliphatic heterocycles. The summed E-state index contributed by atoms with van der Waals surface area (Å²) in [7, 11) is -3.20. The van der Waals surface area contributed by atoms with E-state index in [1.807, 2.05) is 0 Å². The van der Waals surface area contributed by atoms with Gasteiger partial charge in [0.25, 0.3) is 10.0 Å². The maximum atomic E-state index is 15.1. The molecule has 3 aromatic rings. The molecule has 0 aromatic carbocycles. The average molecular weight is 408 g/mol. The van der Waals surface area contributed by atoms with E-state index < -0.39 is 40.1 Å². The predicted octanol–water partition coefficient (Wildman–Crippen LogP) is 2.57. The van der Waals surface area contributed by atoms with E-state index in [9.17, 15) is 17.6 Å². The van der Waals surface area contributed by atoms with Crippen LogP contribution in [0.1, 0.15) is 5.56 Å². The highest BCUT2D eigenvalue weighted by atomic mass is 32.2. The third-order valence-electron chi connectivity index (χ3n) is 3.89. The van der Waals surface area contributed by atoms with Crippen molar-refractivity contribution in [2.45, 2.75) is 11.6 Å². The standard InChI is InChI=1S/C17H14F2N4O4S/c1-22(17(24)25)9-11-10-23(28(26,27)13-6-2-3-7-20-13)15(14(11)18)12-5-4-8-21-16(12)19/h2-8,10H,9H2,1H3,(H,24,25). The Bertz CT molecular complexity index is 1130. The van der Waals surface area contributed by atoms with Gasteiger partial charge in [-0.15, -0.1) is 0 Å². The number of amides is 1. The van der Waals surface area contributed by atoms with Gasteiger partial charge in [-0.3, -0.25) is 0 Å². The van der Waals surface area contributed by atoms with E-state index in [0.717, 1.165) is 17.3 Å². The number of nitrogens with zero attached hydrogens (tertiary/aromatic N) is 4. The molecule has 0 fully saturated rings. The van der Waals surface area contributed by atoms with E-state index in [0.29, 0.717) is 3.97 Å². The van der Waals surface area contributed by atoms with E-state index in [1.54, 1.807) is 0 Å². The van der Waals surface area contributed by atoms with Gasteiger partial charge in [0.05, 0.1) is 12.1 Å². The molecule has 3 aromatic heterocycles. The highest BCUT2D eigenvalue weighted by molar-refractivity contribution is 7.90. The monoisotopic (exact) mass is 408 g/mol. The Morgan fingerprint density at radius 1 is 1.18 bits per heavy atom. The summed E-state index contributed by atoms with van der Waals surface area (Å²) in [6.07, 6.45) is 1.96. The summed E-state index contributed by atoms with van der Waals surface area (Å²) in [6.45, 7) is -0.444. The van der Waals surface area contributed by atoms with Gasteiger partial charge in [-0.2, -0.15) is 12.8 Å². The SMILES string of the molecule is CN(Cc1cn(S(=O)(=O)c2ccccn2)c(-c2cccnc2F)c1F)C(=O)O. The molecule has 11 heteroatoms. The van der Waals surface area contributed by atoms with Gasteiger partial charge in [0.1, 0.15) is 5.69 Å². The fraction of sp³-hybridized carbons (Fsp3) is 0.118. The molecule has 0 unspecified atom stereocenters. The lowest BCUT2D eigenvalue weighted by Crippen LogP contribution is -2.24. The number of aromatic nitrogens is 3. The molecule has 8 nitrogen and oxygen atoms in total. The Balaban J connectivity index is 2.27. The van der Waals surface area contributed by atoms with Crippen LogP contribution in [0.4, 0.5) is 13.6 Å². The van der Waals surface area contributed by atoms with Crippen LogP contribution in [-0.4, -0.2) is 45.5 Å². The van der Waals surface area contributed by atoms with Crippen molar-refractivity contribution in [3.63, 3.8) is 0 Å². The lowest BCUT2D eigenvalue weighted by molar-refractivity contribution is 0.153. The highest BCUT2D eigenvalue weighted by Gasteiger charge is 2.29. The molecule has 28 heavy (non-hydrogen) atoms. The van der Waals surface area contributed by atoms with Crippen molar-refractivity contribution in [1.82, 2.24) is 18.8 Å². The van der Waals surface area contributed by atoms with Gasteiger partial charge >= 0.3 is 6.09 Å². The van der Waals surface area contributed by atoms with Crippen molar-refractivity contribution in [2.75, 3.05) is 7.05 Å². The minimum absolute atomic E-state index is 0.248. The molecule has 0 spiro atoms. The molecule has 0 aliphatic rings. The number of halogens is 2. The first kappa shape index (κ1) is 19.4. The van der Waals surface area contributed by atoms with Gasteiger partial charge in [-0.05, 0) is 24.3 Å². The Morgan fingerprint density at radius 3 is 2.50 bits per heavy atom. The van der Waals surface area contributed by atoms with Gasteiger partial charge < -0.3 is 10.0 Å². The van der Waals surface area contributed by atoms with Crippen LogP contribution >= 0.6 is 0 Å². The van der Waals surface area contributed by atoms with Crippen molar-refractivity contribution < 1.29 is 27.1 Å². The lowest BCUT2D eigenvalue weighted by Gasteiger charge is -2.11. The van der Waals surface area contributed by atoms with E-state index in [1.165, 1.54) is 43.6 Å². The van der Waals surface area contributed by atoms with Crippen LogP contribution in [0.2, 0.25) is 0 Å². The van der Waals surface area contributed by atoms with Crippen LogP contribution in [-0.2, 0) is 16.6 Å². The number of rotatable bonds is 5. The van der Waals surface area contributed by atoms with Crippen molar-refractivity contribution in [1.29, 1.82) is 0 Å². The molecule has 0 atom stereocenters. The topological polar surface area (TPSA) is 105 Å². The number of hydrogen-bond donors (Lipinski definition) is 1. The molecule has 3 rings (SSSR count). The summed E-state index contributed by atoms with van der Waals surface area (Å²) in [5.41, 5.74) is -1.23. The summed E-state index contributed by atoms with van der Waals surface area (Å²) in [5.74, 6) is -2.14. The normalized spacial score (nSPS) is 11.4. The summed E-state index contributed by atoms with van der Waals surface area (Å²) < 4.78 is 55.9. The van der Waals surface area contributed by atoms with Gasteiger partial charge in [0.15, 0.2) is 10.8 Å². The van der Waals surface area contributed by atoms with Gasteiger partial charge in [-0.1, -0.05) is 6.07 Å². The van der Waals surface area contributed by atoms with Crippen molar-refractivity contribution in [3.05, 3.63) is 66.3 Å². The molecule has 1 amide bonds. The van der Waals surface area contributed by atoms with Gasteiger partial charge in [0.2, 0.25) is 5.95 Å². The molecule has 3 heterocycles. The van der Waals surface area contributed by atoms with Crippen molar-refractivity contribution in [2.24, 2.45) is 0 Å². The molecular weight excluding hydrogens is 394 g/mol. The number of carbonyl (C=O) groups is 1. The molecule has 0 radical (unpaired) electrons. The van der Waals surface area contributed by atoms with Crippen LogP contribution in [0.25, 0.3) is 11.3 Å². The second-order valence-electron chi connectivity index (χ2n) is 5.77. The zero-order valence-corrected chi connectivity index (χ0v) is 15.3. The lowest BCUT2D eigenvalue weighted by atomic mass is 10.2. The van der Waals surface area contributed by atoms with Crippen LogP contribution in [0.5, 0.6) is 0 Å². The van der Waals surface area contributed by atoms with Gasteiger partial charge in [-0.25, -0.2) is 23.1 Å². The minimum Gasteiger partial charge on any atom is -0.465 e. The fourth-order valence-electron chi connectivity index (χ4n) is 2.53. The number of hydrogen-bond acceptors (Lipinski definition) is 5. The maximum Gasteiger partial charge on any atom is 0.407 e. The second kappa shape index (κ2) is 7.35. The molecular formula is C17H14F2N4O4S. The first-order valence-electron chi connectivity index (χ1n) is 7.84. The van der Waals surface area contributed by atoms with E-state index in [2.05, 4.69) is 9.97 Å². The zero-order valence-electron chi connectivity index (χ0n) is 14.5. The van der Waals surface area contributed by atoms with Crippen LogP contribution < -0.4 is 0 Å². The fourth-order valence-corrected chi connectivity index (χ4v) is 3.87. The summed E-state index contributed by atoms with van der Waals surface area (Å²) in [6, 6.07) is 6.65. The predicted molar refractivity (Wildman–Crippen MR) is 93.9 cm³/mol. The molecule has 0 saturated heterocycles. The summed E-state index contributed by atoms with van der Waals surface area (Å²) >= 11 is 0. The van der Waals surface area contributed by atoms with E-state index in [-0.39, 0.29) is 16.2 Å². The van der Waals surface area contributed by atoms with E-state index >= 15 is 4.39 Å². The smallest absolute Gasteiger partial charge is 0.407 e. The molecule has 1 N–H and O–H groups in total. The number of pyridine rings is 2. The molecule has 0 saturated carbocycles. The number of carboxylic acid groups (broad SMARTS) is 1. The third-order valence-corrected chi connectivity index (χ3v) is 5.47. The first-order chi connectivity index (χ1) is 13.2. The Morgan fingerprint density at radius 2 is 1.89 bits per heavy atom. The quantitative estimate of drug-likeness (QED) is 0.651. The zero-order chi connectivity index (χ0) is 20.5.